The molecule has 0 spiro atoms. The first-order valence-corrected chi connectivity index (χ1v) is 5.65. The van der Waals surface area contributed by atoms with Crippen LogP contribution in [-0.2, 0) is 0 Å². The van der Waals surface area contributed by atoms with Gasteiger partial charge >= 0.3 is 0 Å². The van der Waals surface area contributed by atoms with Crippen LogP contribution in [0.3, 0.4) is 0 Å². The molecule has 3 heteroatoms. The summed E-state index contributed by atoms with van der Waals surface area (Å²) in [6.45, 7) is 7.93. The Balaban J connectivity index is 3.51. The molecule has 9 heavy (non-hydrogen) atoms. The van der Waals surface area contributed by atoms with Crippen LogP contribution < -0.4 is 5.32 Å². The van der Waals surface area contributed by atoms with E-state index in [9.17, 15) is 4.79 Å². The highest BCUT2D eigenvalue weighted by Crippen LogP contribution is 1.84. The highest BCUT2D eigenvalue weighted by Gasteiger charge is 2.08. The summed E-state index contributed by atoms with van der Waals surface area (Å²) in [5, 5.41) is 2.85. The van der Waals surface area contributed by atoms with Crippen molar-refractivity contribution in [1.82, 2.24) is 5.32 Å². The quantitative estimate of drug-likeness (QED) is 0.584. The molecule has 0 unspecified atom stereocenters. The van der Waals surface area contributed by atoms with Gasteiger partial charge < -0.3 is 5.32 Å². The Morgan fingerprint density at radius 1 is 1.44 bits per heavy atom. The fourth-order valence-electron chi connectivity index (χ4n) is 0.407. The zero-order chi connectivity index (χ0) is 7.44. The van der Waals surface area contributed by atoms with Gasteiger partial charge in [0, 0.05) is 6.04 Å². The zero-order valence-corrected chi connectivity index (χ0v) is 7.49. The van der Waals surface area contributed by atoms with E-state index in [-0.39, 0.29) is 11.6 Å². The summed E-state index contributed by atoms with van der Waals surface area (Å²) in [6, 6.07) is 0.289. The Morgan fingerprint density at radius 2 is 1.89 bits per heavy atom. The fraction of sp³-hybridized carbons (Fsp3) is 0.833. The number of hydrogen-bond donors (Lipinski definition) is 1. The molecule has 0 saturated carbocycles. The van der Waals surface area contributed by atoms with Gasteiger partial charge in [0.2, 0.25) is 0 Å². The van der Waals surface area contributed by atoms with E-state index in [0.717, 1.165) is 0 Å². The van der Waals surface area contributed by atoms with Crippen LogP contribution in [0.2, 0.25) is 13.1 Å². The topological polar surface area (TPSA) is 29.1 Å². The summed E-state index contributed by atoms with van der Waals surface area (Å²) in [6.07, 6.45) is 0. The lowest BCUT2D eigenvalue weighted by Crippen LogP contribution is -2.36. The minimum Gasteiger partial charge on any atom is -0.359 e. The van der Waals surface area contributed by atoms with E-state index in [0.29, 0.717) is 0 Å². The van der Waals surface area contributed by atoms with Gasteiger partial charge in [-0.15, -0.1) is 0 Å². The number of carbonyl (C=O) groups excluding carboxylic acids is 1. The second-order valence-corrected chi connectivity index (χ2v) is 5.08. The van der Waals surface area contributed by atoms with Crippen LogP contribution in [0.1, 0.15) is 13.8 Å². The highest BCUT2D eigenvalue weighted by molar-refractivity contribution is 6.87. The molecule has 0 aliphatic rings. The van der Waals surface area contributed by atoms with E-state index in [1.54, 1.807) is 0 Å². The first-order valence-electron chi connectivity index (χ1n) is 3.15. The smallest absolute Gasteiger partial charge is 0.189 e. The Morgan fingerprint density at radius 3 is 2.00 bits per heavy atom. The van der Waals surface area contributed by atoms with Crippen LogP contribution in [-0.4, -0.2) is 20.4 Å². The van der Waals surface area contributed by atoms with E-state index in [2.05, 4.69) is 5.32 Å². The van der Waals surface area contributed by atoms with Gasteiger partial charge in [0.1, 0.15) is 0 Å². The number of carbonyl (C=O) groups is 1. The fourth-order valence-corrected chi connectivity index (χ4v) is 0.984. The van der Waals surface area contributed by atoms with Gasteiger partial charge in [-0.2, -0.15) is 0 Å². The third kappa shape index (κ3) is 4.21. The highest BCUT2D eigenvalue weighted by atomic mass is 28.3. The second-order valence-electron chi connectivity index (χ2n) is 2.63. The summed E-state index contributed by atoms with van der Waals surface area (Å²) in [5.74, 6) is 0. The zero-order valence-electron chi connectivity index (χ0n) is 6.49. The SMILES string of the molecule is CC(C)NC(=O)[Si](C)C. The molecule has 0 aliphatic heterocycles. The van der Waals surface area contributed by atoms with Crippen LogP contribution >= 0.6 is 0 Å². The normalized spacial score (nSPS) is 10.4. The largest absolute Gasteiger partial charge is 0.359 e. The van der Waals surface area contributed by atoms with Gasteiger partial charge in [0.05, 0.1) is 0 Å². The summed E-state index contributed by atoms with van der Waals surface area (Å²) < 4.78 is 0. The third-order valence-corrected chi connectivity index (χ3v) is 1.93. The molecule has 0 heterocycles. The summed E-state index contributed by atoms with van der Waals surface area (Å²) in [4.78, 5) is 10.9. The van der Waals surface area contributed by atoms with Crippen molar-refractivity contribution < 1.29 is 4.79 Å². The van der Waals surface area contributed by atoms with Crippen LogP contribution in [0, 0.1) is 0 Å². The Kier molecular flexibility index (Phi) is 3.54. The summed E-state index contributed by atoms with van der Waals surface area (Å²) >= 11 is 0. The van der Waals surface area contributed by atoms with Crippen molar-refractivity contribution in [2.45, 2.75) is 33.0 Å². The number of rotatable bonds is 2. The molecule has 0 bridgehead atoms. The van der Waals surface area contributed by atoms with Crippen LogP contribution in [0.4, 0.5) is 4.79 Å². The molecule has 1 amide bonds. The molecule has 1 N–H and O–H groups in total. The van der Waals surface area contributed by atoms with E-state index in [1.807, 2.05) is 26.9 Å². The van der Waals surface area contributed by atoms with E-state index >= 15 is 0 Å². The molecule has 1 radical (unpaired) electrons. The second kappa shape index (κ2) is 3.66. The number of nitrogens with one attached hydrogen (secondary N) is 1. The Hall–Kier alpha value is -0.313. The molecule has 0 aromatic rings. The molecule has 0 saturated heterocycles. The Labute approximate surface area is 58.3 Å². The van der Waals surface area contributed by atoms with E-state index < -0.39 is 8.80 Å². The first kappa shape index (κ1) is 8.69. The third-order valence-electron chi connectivity index (χ3n) is 0.874. The van der Waals surface area contributed by atoms with Crippen molar-refractivity contribution in [2.24, 2.45) is 0 Å². The average molecular weight is 144 g/mol. The molecule has 53 valence electrons. The average Bonchev–Trinajstić information content (AvgIpc) is 1.63. The minimum absolute atomic E-state index is 0.231. The number of hydrogen-bond acceptors (Lipinski definition) is 1. The van der Waals surface area contributed by atoms with Crippen molar-refractivity contribution in [3.05, 3.63) is 0 Å². The lowest BCUT2D eigenvalue weighted by atomic mass is 10.4. The van der Waals surface area contributed by atoms with Crippen LogP contribution in [0.15, 0.2) is 0 Å². The molecule has 0 atom stereocenters. The molecular formula is C6H14NOSi. The van der Waals surface area contributed by atoms with Gasteiger partial charge in [-0.25, -0.2) is 0 Å². The maximum atomic E-state index is 10.9. The Bertz CT molecular complexity index is 101. The van der Waals surface area contributed by atoms with Crippen LogP contribution in [0.25, 0.3) is 0 Å². The minimum atomic E-state index is -0.757. The monoisotopic (exact) mass is 144 g/mol. The molecular weight excluding hydrogens is 130 g/mol. The van der Waals surface area contributed by atoms with Gasteiger partial charge in [0.15, 0.2) is 14.3 Å². The van der Waals surface area contributed by atoms with Gasteiger partial charge in [-0.3, -0.25) is 4.79 Å². The van der Waals surface area contributed by atoms with Gasteiger partial charge in [-0.05, 0) is 13.8 Å². The number of amides is 1. The molecule has 0 rings (SSSR count). The summed E-state index contributed by atoms with van der Waals surface area (Å²) in [7, 11) is -0.757. The molecule has 0 fully saturated rings. The van der Waals surface area contributed by atoms with Crippen molar-refractivity contribution in [1.29, 1.82) is 0 Å². The first-order chi connectivity index (χ1) is 4.04. The van der Waals surface area contributed by atoms with Crippen molar-refractivity contribution in [3.63, 3.8) is 0 Å². The predicted octanol–water partition coefficient (Wildman–Crippen LogP) is 1.44. The molecule has 0 aromatic carbocycles. The molecule has 0 aliphatic carbocycles. The van der Waals surface area contributed by atoms with Crippen molar-refractivity contribution in [2.75, 3.05) is 0 Å². The van der Waals surface area contributed by atoms with Gasteiger partial charge in [-0.1, -0.05) is 13.1 Å². The summed E-state index contributed by atoms with van der Waals surface area (Å²) in [5.41, 5.74) is 0.231. The van der Waals surface area contributed by atoms with E-state index in [4.69, 9.17) is 0 Å². The maximum absolute atomic E-state index is 10.9. The van der Waals surface area contributed by atoms with Crippen LogP contribution in [0.5, 0.6) is 0 Å². The lowest BCUT2D eigenvalue weighted by Gasteiger charge is -2.08. The maximum Gasteiger partial charge on any atom is 0.189 e. The lowest BCUT2D eigenvalue weighted by molar-refractivity contribution is 0.256. The standard InChI is InChI=1S/C6H14NOSi/c1-5(2)7-6(8)9(3)4/h5H,1-4H3,(H,7,8). The van der Waals surface area contributed by atoms with Crippen molar-refractivity contribution in [3.8, 4) is 0 Å². The van der Waals surface area contributed by atoms with Crippen molar-refractivity contribution >= 4 is 14.3 Å². The molecule has 2 nitrogen and oxygen atoms in total. The van der Waals surface area contributed by atoms with E-state index in [1.165, 1.54) is 0 Å². The molecule has 0 aromatic heterocycles. The predicted molar refractivity (Wildman–Crippen MR) is 41.1 cm³/mol. The van der Waals surface area contributed by atoms with Gasteiger partial charge in [0.25, 0.3) is 0 Å².